The van der Waals surface area contributed by atoms with Gasteiger partial charge in [-0.1, -0.05) is 19.4 Å². The first kappa shape index (κ1) is 12.4. The second kappa shape index (κ2) is 6.00. The van der Waals surface area contributed by atoms with E-state index in [1.54, 1.807) is 18.2 Å². The van der Waals surface area contributed by atoms with E-state index in [9.17, 15) is 4.79 Å². The highest BCUT2D eigenvalue weighted by molar-refractivity contribution is 5.98. The third-order valence-corrected chi connectivity index (χ3v) is 2.21. The second-order valence-electron chi connectivity index (χ2n) is 3.41. The Balaban J connectivity index is 2.81. The number of hydrogen-bond acceptors (Lipinski definition) is 4. The van der Waals surface area contributed by atoms with Gasteiger partial charge in [0.2, 0.25) is 0 Å². The largest absolute Gasteiger partial charge is 0.496 e. The molecule has 16 heavy (non-hydrogen) atoms. The molecule has 0 saturated carbocycles. The van der Waals surface area contributed by atoms with E-state index < -0.39 is 5.97 Å². The number of carbonyl (C=O) groups is 1. The molecule has 2 N–H and O–H groups in total. The first-order valence-corrected chi connectivity index (χ1v) is 5.30. The summed E-state index contributed by atoms with van der Waals surface area (Å²) in [5.41, 5.74) is 6.40. The predicted octanol–water partition coefficient (Wildman–Crippen LogP) is 2.23. The average Bonchev–Trinajstić information content (AvgIpc) is 2.28. The zero-order valence-electron chi connectivity index (χ0n) is 9.66. The van der Waals surface area contributed by atoms with Crippen LogP contribution in [0.1, 0.15) is 30.1 Å². The summed E-state index contributed by atoms with van der Waals surface area (Å²) in [6, 6.07) is 5.07. The highest BCUT2D eigenvalue weighted by Crippen LogP contribution is 2.24. The van der Waals surface area contributed by atoms with Gasteiger partial charge in [-0.25, -0.2) is 4.79 Å². The molecule has 0 aliphatic carbocycles. The smallest absolute Gasteiger partial charge is 0.344 e. The minimum Gasteiger partial charge on any atom is -0.496 e. The first-order valence-electron chi connectivity index (χ1n) is 5.30. The quantitative estimate of drug-likeness (QED) is 0.472. The van der Waals surface area contributed by atoms with Crippen LogP contribution in [-0.2, 0) is 4.74 Å². The van der Waals surface area contributed by atoms with Crippen molar-refractivity contribution in [3.8, 4) is 5.75 Å². The number of esters is 1. The lowest BCUT2D eigenvalue weighted by Crippen LogP contribution is -2.10. The SMILES string of the molecule is CCCCOC(=O)c1c(N)cccc1OC. The summed E-state index contributed by atoms with van der Waals surface area (Å²) >= 11 is 0. The number of anilines is 1. The van der Waals surface area contributed by atoms with Gasteiger partial charge in [-0.05, 0) is 18.6 Å². The van der Waals surface area contributed by atoms with E-state index in [0.717, 1.165) is 12.8 Å². The summed E-state index contributed by atoms with van der Waals surface area (Å²) in [5.74, 6) is 0.0184. The molecule has 4 nitrogen and oxygen atoms in total. The molecule has 0 bridgehead atoms. The third-order valence-electron chi connectivity index (χ3n) is 2.21. The van der Waals surface area contributed by atoms with Crippen molar-refractivity contribution in [3.63, 3.8) is 0 Å². The Hall–Kier alpha value is -1.71. The van der Waals surface area contributed by atoms with Crippen LogP contribution in [0.3, 0.4) is 0 Å². The van der Waals surface area contributed by atoms with Crippen molar-refractivity contribution >= 4 is 11.7 Å². The summed E-state index contributed by atoms with van der Waals surface area (Å²) in [5, 5.41) is 0. The molecule has 0 amide bonds. The van der Waals surface area contributed by atoms with Gasteiger partial charge in [-0.3, -0.25) is 0 Å². The molecule has 0 atom stereocenters. The highest BCUT2D eigenvalue weighted by atomic mass is 16.5. The van der Waals surface area contributed by atoms with Crippen LogP contribution in [0.5, 0.6) is 5.75 Å². The molecular formula is C12H17NO3. The molecule has 0 saturated heterocycles. The van der Waals surface area contributed by atoms with Gasteiger partial charge < -0.3 is 15.2 Å². The Labute approximate surface area is 95.3 Å². The molecule has 0 radical (unpaired) electrons. The predicted molar refractivity (Wildman–Crippen MR) is 62.6 cm³/mol. The Morgan fingerprint density at radius 3 is 2.81 bits per heavy atom. The molecule has 0 heterocycles. The zero-order chi connectivity index (χ0) is 12.0. The second-order valence-corrected chi connectivity index (χ2v) is 3.41. The molecule has 0 fully saturated rings. The molecule has 1 aromatic rings. The fourth-order valence-electron chi connectivity index (χ4n) is 1.32. The fourth-order valence-corrected chi connectivity index (χ4v) is 1.32. The maximum absolute atomic E-state index is 11.7. The molecule has 4 heteroatoms. The lowest BCUT2D eigenvalue weighted by molar-refractivity contribution is 0.0497. The van der Waals surface area contributed by atoms with Crippen LogP contribution < -0.4 is 10.5 Å². The van der Waals surface area contributed by atoms with Crippen LogP contribution in [-0.4, -0.2) is 19.7 Å². The van der Waals surface area contributed by atoms with Gasteiger partial charge in [0.25, 0.3) is 0 Å². The average molecular weight is 223 g/mol. The van der Waals surface area contributed by atoms with Crippen LogP contribution in [0.2, 0.25) is 0 Å². The number of rotatable bonds is 5. The molecular weight excluding hydrogens is 206 g/mol. The third kappa shape index (κ3) is 2.89. The number of nitrogen functional groups attached to an aromatic ring is 1. The van der Waals surface area contributed by atoms with Crippen molar-refractivity contribution in [2.45, 2.75) is 19.8 Å². The molecule has 0 spiro atoms. The molecule has 88 valence electrons. The summed E-state index contributed by atoms with van der Waals surface area (Å²) in [6.45, 7) is 2.44. The maximum Gasteiger partial charge on any atom is 0.344 e. The van der Waals surface area contributed by atoms with E-state index in [2.05, 4.69) is 0 Å². The maximum atomic E-state index is 11.7. The van der Waals surface area contributed by atoms with Gasteiger partial charge >= 0.3 is 5.97 Å². The van der Waals surface area contributed by atoms with Gasteiger partial charge in [-0.2, -0.15) is 0 Å². The molecule has 1 aromatic carbocycles. The Morgan fingerprint density at radius 1 is 1.44 bits per heavy atom. The summed E-state index contributed by atoms with van der Waals surface area (Å²) in [7, 11) is 1.50. The fraction of sp³-hybridized carbons (Fsp3) is 0.417. The van der Waals surface area contributed by atoms with E-state index in [1.165, 1.54) is 7.11 Å². The highest BCUT2D eigenvalue weighted by Gasteiger charge is 2.16. The minimum atomic E-state index is -0.427. The topological polar surface area (TPSA) is 61.5 Å². The van der Waals surface area contributed by atoms with Gasteiger partial charge in [0.05, 0.1) is 13.7 Å². The molecule has 1 rings (SSSR count). The van der Waals surface area contributed by atoms with Crippen molar-refractivity contribution in [2.24, 2.45) is 0 Å². The number of carbonyl (C=O) groups excluding carboxylic acids is 1. The Kier molecular flexibility index (Phi) is 4.64. The van der Waals surface area contributed by atoms with Gasteiger partial charge in [0.1, 0.15) is 11.3 Å². The summed E-state index contributed by atoms with van der Waals surface area (Å²) < 4.78 is 10.2. The van der Waals surface area contributed by atoms with Crippen LogP contribution in [0, 0.1) is 0 Å². The molecule has 0 aliphatic heterocycles. The Bertz CT molecular complexity index is 363. The summed E-state index contributed by atoms with van der Waals surface area (Å²) in [6.07, 6.45) is 1.83. The van der Waals surface area contributed by atoms with Gasteiger partial charge in [0.15, 0.2) is 0 Å². The van der Waals surface area contributed by atoms with E-state index in [0.29, 0.717) is 23.6 Å². The van der Waals surface area contributed by atoms with Crippen molar-refractivity contribution in [1.29, 1.82) is 0 Å². The number of nitrogens with two attached hydrogens (primary N) is 1. The minimum absolute atomic E-state index is 0.307. The number of unbranched alkanes of at least 4 members (excludes halogenated alkanes) is 1. The number of ether oxygens (including phenoxy) is 2. The van der Waals surface area contributed by atoms with Crippen molar-refractivity contribution in [1.82, 2.24) is 0 Å². The van der Waals surface area contributed by atoms with Gasteiger partial charge in [-0.15, -0.1) is 0 Å². The molecule has 0 aromatic heterocycles. The van der Waals surface area contributed by atoms with E-state index in [1.807, 2.05) is 6.92 Å². The van der Waals surface area contributed by atoms with Crippen LogP contribution in [0.4, 0.5) is 5.69 Å². The lowest BCUT2D eigenvalue weighted by atomic mass is 10.1. The number of benzene rings is 1. The van der Waals surface area contributed by atoms with Crippen molar-refractivity contribution < 1.29 is 14.3 Å². The molecule has 0 unspecified atom stereocenters. The number of hydrogen-bond donors (Lipinski definition) is 1. The number of methoxy groups -OCH3 is 1. The lowest BCUT2D eigenvalue weighted by Gasteiger charge is -2.10. The zero-order valence-corrected chi connectivity index (χ0v) is 9.66. The van der Waals surface area contributed by atoms with Crippen LogP contribution >= 0.6 is 0 Å². The van der Waals surface area contributed by atoms with Crippen LogP contribution in [0.25, 0.3) is 0 Å². The monoisotopic (exact) mass is 223 g/mol. The van der Waals surface area contributed by atoms with Crippen molar-refractivity contribution in [2.75, 3.05) is 19.5 Å². The van der Waals surface area contributed by atoms with Crippen LogP contribution in [0.15, 0.2) is 18.2 Å². The standard InChI is InChI=1S/C12H17NO3/c1-3-4-8-16-12(14)11-9(13)6-5-7-10(11)15-2/h5-7H,3-4,8,13H2,1-2H3. The molecule has 0 aliphatic rings. The van der Waals surface area contributed by atoms with Gasteiger partial charge in [0, 0.05) is 5.69 Å². The van der Waals surface area contributed by atoms with E-state index >= 15 is 0 Å². The van der Waals surface area contributed by atoms with Crippen molar-refractivity contribution in [3.05, 3.63) is 23.8 Å². The van der Waals surface area contributed by atoms with E-state index in [4.69, 9.17) is 15.2 Å². The summed E-state index contributed by atoms with van der Waals surface area (Å²) in [4.78, 5) is 11.7. The Morgan fingerprint density at radius 2 is 2.19 bits per heavy atom. The van der Waals surface area contributed by atoms with E-state index in [-0.39, 0.29) is 0 Å². The first-order chi connectivity index (χ1) is 7.70. The normalized spacial score (nSPS) is 9.88.